The fourth-order valence-electron chi connectivity index (χ4n) is 2.63. The molecule has 1 aliphatic rings. The van der Waals surface area contributed by atoms with Crippen LogP contribution in [0.3, 0.4) is 0 Å². The third-order valence-corrected chi connectivity index (χ3v) is 3.72. The van der Waals surface area contributed by atoms with Crippen LogP contribution in [0.25, 0.3) is 0 Å². The molecule has 2 aromatic rings. The van der Waals surface area contributed by atoms with E-state index >= 15 is 0 Å². The summed E-state index contributed by atoms with van der Waals surface area (Å²) in [7, 11) is 0. The highest BCUT2D eigenvalue weighted by atomic mass is 16.5. The quantitative estimate of drug-likeness (QED) is 0.931. The van der Waals surface area contributed by atoms with Crippen molar-refractivity contribution in [1.29, 1.82) is 0 Å². The average Bonchev–Trinajstić information content (AvgIpc) is 2.99. The summed E-state index contributed by atoms with van der Waals surface area (Å²) >= 11 is 0. The first-order valence-corrected chi connectivity index (χ1v) is 7.31. The topological polar surface area (TPSA) is 85.8 Å². The Morgan fingerprint density at radius 2 is 2.24 bits per heavy atom. The first-order chi connectivity index (χ1) is 10.1. The van der Waals surface area contributed by atoms with Crippen LogP contribution in [0.15, 0.2) is 10.6 Å². The molecule has 21 heavy (non-hydrogen) atoms. The van der Waals surface area contributed by atoms with Crippen molar-refractivity contribution in [2.75, 3.05) is 0 Å². The maximum Gasteiger partial charge on any atom is 0.290 e. The van der Waals surface area contributed by atoms with Gasteiger partial charge in [-0.1, -0.05) is 11.6 Å². The van der Waals surface area contributed by atoms with Crippen molar-refractivity contribution in [3.05, 3.63) is 29.2 Å². The van der Waals surface area contributed by atoms with E-state index in [0.29, 0.717) is 5.69 Å². The van der Waals surface area contributed by atoms with Crippen molar-refractivity contribution in [1.82, 2.24) is 25.2 Å². The molecule has 0 fully saturated rings. The summed E-state index contributed by atoms with van der Waals surface area (Å²) in [6.45, 7) is 4.60. The zero-order valence-electron chi connectivity index (χ0n) is 12.3. The number of amides is 1. The predicted octanol–water partition coefficient (Wildman–Crippen LogP) is 1.79. The molecule has 0 spiro atoms. The van der Waals surface area contributed by atoms with E-state index in [2.05, 4.69) is 25.2 Å². The smallest absolute Gasteiger partial charge is 0.290 e. The van der Waals surface area contributed by atoms with E-state index in [9.17, 15) is 4.79 Å². The molecule has 3 rings (SSSR count). The molecule has 3 heterocycles. The molecule has 0 radical (unpaired) electrons. The highest BCUT2D eigenvalue weighted by molar-refractivity contribution is 5.91. The van der Waals surface area contributed by atoms with Gasteiger partial charge in [-0.25, -0.2) is 0 Å². The molecular formula is C14H19N5O2. The number of fused-ring (bicyclic) bond motifs is 1. The summed E-state index contributed by atoms with van der Waals surface area (Å²) in [5, 5.41) is 15.1. The molecule has 0 aromatic carbocycles. The van der Waals surface area contributed by atoms with E-state index in [1.807, 2.05) is 6.92 Å². The van der Waals surface area contributed by atoms with Crippen LogP contribution in [0.1, 0.15) is 60.1 Å². The summed E-state index contributed by atoms with van der Waals surface area (Å²) in [5.74, 6) is 1.75. The Bertz CT molecular complexity index is 646. The van der Waals surface area contributed by atoms with Crippen LogP contribution in [0.2, 0.25) is 0 Å². The monoisotopic (exact) mass is 289 g/mol. The third kappa shape index (κ3) is 2.81. The molecule has 1 amide bonds. The van der Waals surface area contributed by atoms with Gasteiger partial charge in [0.25, 0.3) is 5.91 Å². The van der Waals surface area contributed by atoms with Gasteiger partial charge in [-0.05, 0) is 26.7 Å². The van der Waals surface area contributed by atoms with Crippen molar-refractivity contribution in [3.63, 3.8) is 0 Å². The van der Waals surface area contributed by atoms with Crippen LogP contribution in [0.4, 0.5) is 0 Å². The van der Waals surface area contributed by atoms with Crippen molar-refractivity contribution in [3.8, 4) is 0 Å². The number of nitrogens with zero attached hydrogens (tertiary/aromatic N) is 4. The Kier molecular flexibility index (Phi) is 3.72. The van der Waals surface area contributed by atoms with Crippen molar-refractivity contribution < 1.29 is 9.32 Å². The minimum absolute atomic E-state index is 0.218. The average molecular weight is 289 g/mol. The number of carbonyl (C=O) groups is 1. The van der Waals surface area contributed by atoms with Gasteiger partial charge in [0.1, 0.15) is 5.82 Å². The predicted molar refractivity (Wildman–Crippen MR) is 74.7 cm³/mol. The van der Waals surface area contributed by atoms with E-state index in [-0.39, 0.29) is 17.7 Å². The van der Waals surface area contributed by atoms with E-state index < -0.39 is 0 Å². The Labute approximate surface area is 122 Å². The number of carbonyl (C=O) groups excluding carboxylic acids is 1. The fraction of sp³-hybridized carbons (Fsp3) is 0.571. The van der Waals surface area contributed by atoms with Gasteiger partial charge in [0, 0.05) is 19.0 Å². The van der Waals surface area contributed by atoms with Gasteiger partial charge >= 0.3 is 0 Å². The van der Waals surface area contributed by atoms with Gasteiger partial charge in [-0.2, -0.15) is 0 Å². The number of aryl methyl sites for hydroxylation is 2. The van der Waals surface area contributed by atoms with Gasteiger partial charge in [-0.15, -0.1) is 10.2 Å². The van der Waals surface area contributed by atoms with Gasteiger partial charge in [0.05, 0.1) is 11.7 Å². The zero-order valence-corrected chi connectivity index (χ0v) is 12.3. The lowest BCUT2D eigenvalue weighted by Crippen LogP contribution is -2.28. The molecule has 1 atom stereocenters. The summed E-state index contributed by atoms with van der Waals surface area (Å²) in [6, 6.07) is 1.40. The molecule has 0 bridgehead atoms. The molecule has 0 unspecified atom stereocenters. The molecule has 7 nitrogen and oxygen atoms in total. The highest BCUT2D eigenvalue weighted by Crippen LogP contribution is 2.19. The van der Waals surface area contributed by atoms with Crippen LogP contribution in [0.5, 0.6) is 0 Å². The lowest BCUT2D eigenvalue weighted by Gasteiger charge is -2.14. The Hall–Kier alpha value is -2.18. The van der Waals surface area contributed by atoms with Crippen molar-refractivity contribution in [2.24, 2.45) is 0 Å². The van der Waals surface area contributed by atoms with Crippen LogP contribution in [-0.4, -0.2) is 25.8 Å². The van der Waals surface area contributed by atoms with Crippen molar-refractivity contribution in [2.45, 2.75) is 52.1 Å². The third-order valence-electron chi connectivity index (χ3n) is 3.72. The Morgan fingerprint density at radius 1 is 1.38 bits per heavy atom. The largest absolute Gasteiger partial charge is 0.351 e. The lowest BCUT2D eigenvalue weighted by atomic mass is 10.2. The normalized spacial score (nSPS) is 16.1. The minimum atomic E-state index is -0.283. The highest BCUT2D eigenvalue weighted by Gasteiger charge is 2.22. The molecule has 112 valence electrons. The Balaban J connectivity index is 1.75. The van der Waals surface area contributed by atoms with E-state index in [1.54, 1.807) is 13.0 Å². The van der Waals surface area contributed by atoms with Gasteiger partial charge < -0.3 is 14.4 Å². The number of hydrogen-bond acceptors (Lipinski definition) is 5. The van der Waals surface area contributed by atoms with Crippen LogP contribution >= 0.6 is 0 Å². The standard InChI is InChI=1S/C14H19N5O2/c1-9-8-11(21-18-9)14(20)15-10(2)13-17-16-12-6-4-3-5-7-19(12)13/h8,10H,3-7H2,1-2H3,(H,15,20)/t10-/m1/s1. The molecule has 0 saturated carbocycles. The maximum absolute atomic E-state index is 12.1. The van der Waals surface area contributed by atoms with E-state index in [4.69, 9.17) is 4.52 Å². The number of nitrogens with one attached hydrogen (secondary N) is 1. The molecule has 7 heteroatoms. The van der Waals surface area contributed by atoms with Gasteiger partial charge in [0.15, 0.2) is 5.82 Å². The molecular weight excluding hydrogens is 270 g/mol. The summed E-state index contributed by atoms with van der Waals surface area (Å²) < 4.78 is 7.10. The lowest BCUT2D eigenvalue weighted by molar-refractivity contribution is 0.0900. The fourth-order valence-corrected chi connectivity index (χ4v) is 2.63. The number of hydrogen-bond donors (Lipinski definition) is 1. The second-order valence-corrected chi connectivity index (χ2v) is 5.46. The molecule has 0 saturated heterocycles. The first-order valence-electron chi connectivity index (χ1n) is 7.31. The molecule has 1 aliphatic heterocycles. The molecule has 2 aromatic heterocycles. The summed E-state index contributed by atoms with van der Waals surface area (Å²) in [4.78, 5) is 12.1. The van der Waals surface area contributed by atoms with Crippen molar-refractivity contribution >= 4 is 5.91 Å². The van der Waals surface area contributed by atoms with Gasteiger partial charge in [-0.3, -0.25) is 4.79 Å². The van der Waals surface area contributed by atoms with E-state index in [0.717, 1.165) is 37.5 Å². The molecule has 0 aliphatic carbocycles. The second-order valence-electron chi connectivity index (χ2n) is 5.46. The van der Waals surface area contributed by atoms with Crippen LogP contribution < -0.4 is 5.32 Å². The second kappa shape index (κ2) is 5.67. The maximum atomic E-state index is 12.1. The van der Waals surface area contributed by atoms with Crippen LogP contribution in [-0.2, 0) is 13.0 Å². The zero-order chi connectivity index (χ0) is 14.8. The first kappa shape index (κ1) is 13.8. The van der Waals surface area contributed by atoms with Gasteiger partial charge in [0.2, 0.25) is 5.76 Å². The van der Waals surface area contributed by atoms with Crippen LogP contribution in [0, 0.1) is 6.92 Å². The Morgan fingerprint density at radius 3 is 3.00 bits per heavy atom. The SMILES string of the molecule is Cc1cc(C(=O)N[C@H](C)c2nnc3n2CCCCC3)on1. The number of rotatable bonds is 3. The van der Waals surface area contributed by atoms with E-state index in [1.165, 1.54) is 6.42 Å². The minimum Gasteiger partial charge on any atom is -0.351 e. The molecule has 1 N–H and O–H groups in total. The summed E-state index contributed by atoms with van der Waals surface area (Å²) in [5.41, 5.74) is 0.684. The number of aromatic nitrogens is 4. The summed E-state index contributed by atoms with van der Waals surface area (Å²) in [6.07, 6.45) is 4.44.